The SMILES string of the molecule is COc1ccc(CNC(=O)Nc2cccc(Br)c2)c(OC)c1OC. The molecule has 2 N–H and O–H groups in total. The molecule has 2 amide bonds. The van der Waals surface area contributed by atoms with Crippen molar-refractivity contribution in [2.45, 2.75) is 6.54 Å². The number of hydrogen-bond donors (Lipinski definition) is 2. The molecule has 0 atom stereocenters. The van der Waals surface area contributed by atoms with E-state index in [4.69, 9.17) is 14.2 Å². The van der Waals surface area contributed by atoms with Gasteiger partial charge < -0.3 is 24.8 Å². The summed E-state index contributed by atoms with van der Waals surface area (Å²) < 4.78 is 16.9. The van der Waals surface area contributed by atoms with Crippen LogP contribution in [0.1, 0.15) is 5.56 Å². The highest BCUT2D eigenvalue weighted by atomic mass is 79.9. The van der Waals surface area contributed by atoms with E-state index >= 15 is 0 Å². The van der Waals surface area contributed by atoms with E-state index in [9.17, 15) is 4.79 Å². The van der Waals surface area contributed by atoms with Gasteiger partial charge in [-0.05, 0) is 30.3 Å². The largest absolute Gasteiger partial charge is 0.493 e. The lowest BCUT2D eigenvalue weighted by molar-refractivity contribution is 0.251. The zero-order valence-corrected chi connectivity index (χ0v) is 15.3. The van der Waals surface area contributed by atoms with Crippen LogP contribution < -0.4 is 24.8 Å². The number of ether oxygens (including phenoxy) is 3. The average Bonchev–Trinajstić information content (AvgIpc) is 2.58. The number of carbonyl (C=O) groups excluding carboxylic acids is 1. The summed E-state index contributed by atoms with van der Waals surface area (Å²) in [6.07, 6.45) is 0. The first kappa shape index (κ1) is 17.9. The summed E-state index contributed by atoms with van der Waals surface area (Å²) in [5.41, 5.74) is 1.47. The van der Waals surface area contributed by atoms with E-state index in [1.54, 1.807) is 26.4 Å². The maximum absolute atomic E-state index is 12.0. The van der Waals surface area contributed by atoms with Crippen LogP contribution in [0, 0.1) is 0 Å². The molecule has 0 radical (unpaired) electrons. The van der Waals surface area contributed by atoms with E-state index < -0.39 is 0 Å². The molecule has 2 aromatic carbocycles. The summed E-state index contributed by atoms with van der Waals surface area (Å²) >= 11 is 3.36. The fourth-order valence-electron chi connectivity index (χ4n) is 2.22. The highest BCUT2D eigenvalue weighted by Gasteiger charge is 2.16. The van der Waals surface area contributed by atoms with E-state index in [-0.39, 0.29) is 12.6 Å². The standard InChI is InChI=1S/C17H19BrN2O4/c1-22-14-8-7-11(15(23-2)16(14)24-3)10-19-17(21)20-13-6-4-5-12(18)9-13/h4-9H,10H2,1-3H3,(H2,19,20,21). The van der Waals surface area contributed by atoms with Gasteiger partial charge in [0.05, 0.1) is 21.3 Å². The van der Waals surface area contributed by atoms with Gasteiger partial charge in [0.2, 0.25) is 5.75 Å². The lowest BCUT2D eigenvalue weighted by Gasteiger charge is -2.16. The summed E-state index contributed by atoms with van der Waals surface area (Å²) in [7, 11) is 4.64. The number of halogens is 1. The molecule has 128 valence electrons. The van der Waals surface area contributed by atoms with E-state index in [0.29, 0.717) is 22.9 Å². The van der Waals surface area contributed by atoms with E-state index in [0.717, 1.165) is 10.0 Å². The number of methoxy groups -OCH3 is 3. The van der Waals surface area contributed by atoms with Crippen LogP contribution in [-0.2, 0) is 6.54 Å². The highest BCUT2D eigenvalue weighted by Crippen LogP contribution is 2.39. The predicted octanol–water partition coefficient (Wildman–Crippen LogP) is 3.80. The van der Waals surface area contributed by atoms with Crippen molar-refractivity contribution in [1.29, 1.82) is 0 Å². The molecule has 6 nitrogen and oxygen atoms in total. The molecule has 7 heteroatoms. The van der Waals surface area contributed by atoms with Crippen molar-refractivity contribution in [3.05, 3.63) is 46.4 Å². The van der Waals surface area contributed by atoms with Crippen LogP contribution in [0.4, 0.5) is 10.5 Å². The Morgan fingerprint density at radius 2 is 1.79 bits per heavy atom. The molecule has 24 heavy (non-hydrogen) atoms. The molecular formula is C17H19BrN2O4. The molecule has 0 aromatic heterocycles. The van der Waals surface area contributed by atoms with Crippen molar-refractivity contribution in [2.75, 3.05) is 26.6 Å². The van der Waals surface area contributed by atoms with E-state index in [2.05, 4.69) is 26.6 Å². The van der Waals surface area contributed by atoms with E-state index in [1.165, 1.54) is 7.11 Å². The molecule has 2 rings (SSSR count). The smallest absolute Gasteiger partial charge is 0.319 e. The van der Waals surface area contributed by atoms with Crippen LogP contribution in [0.2, 0.25) is 0 Å². The van der Waals surface area contributed by atoms with Crippen molar-refractivity contribution in [2.24, 2.45) is 0 Å². The zero-order valence-electron chi connectivity index (χ0n) is 13.7. The molecule has 0 aliphatic rings. The molecule has 0 spiro atoms. The second kappa shape index (κ2) is 8.44. The summed E-state index contributed by atoms with van der Waals surface area (Å²) in [6.45, 7) is 0.281. The third-order valence-corrected chi connectivity index (χ3v) is 3.80. The fraction of sp³-hybridized carbons (Fsp3) is 0.235. The maximum atomic E-state index is 12.0. The van der Waals surface area contributed by atoms with Crippen molar-refractivity contribution in [3.8, 4) is 17.2 Å². The van der Waals surface area contributed by atoms with Crippen molar-refractivity contribution < 1.29 is 19.0 Å². The third kappa shape index (κ3) is 4.32. The second-order valence-corrected chi connectivity index (χ2v) is 5.73. The summed E-state index contributed by atoms with van der Waals surface area (Å²) in [5, 5.41) is 5.55. The minimum atomic E-state index is -0.315. The Kier molecular flexibility index (Phi) is 6.31. The summed E-state index contributed by atoms with van der Waals surface area (Å²) in [6, 6.07) is 10.6. The number of carbonyl (C=O) groups is 1. The molecule has 2 aromatic rings. The quantitative estimate of drug-likeness (QED) is 0.781. The molecule has 0 heterocycles. The average molecular weight is 395 g/mol. The minimum absolute atomic E-state index is 0.281. The van der Waals surface area contributed by atoms with Crippen LogP contribution in [0.3, 0.4) is 0 Å². The molecule has 0 unspecified atom stereocenters. The number of benzene rings is 2. The van der Waals surface area contributed by atoms with Crippen LogP contribution in [-0.4, -0.2) is 27.4 Å². The first-order valence-corrected chi connectivity index (χ1v) is 7.96. The first-order chi connectivity index (χ1) is 11.6. The molecule has 0 bridgehead atoms. The Bertz CT molecular complexity index is 722. The molecule has 0 aliphatic carbocycles. The molecule has 0 fully saturated rings. The van der Waals surface area contributed by atoms with Gasteiger partial charge in [0, 0.05) is 22.3 Å². The topological polar surface area (TPSA) is 68.8 Å². The van der Waals surface area contributed by atoms with Gasteiger partial charge in [-0.15, -0.1) is 0 Å². The molecule has 0 aliphatic heterocycles. The van der Waals surface area contributed by atoms with Gasteiger partial charge in [-0.3, -0.25) is 0 Å². The fourth-order valence-corrected chi connectivity index (χ4v) is 2.62. The lowest BCUT2D eigenvalue weighted by atomic mass is 10.1. The molecule has 0 saturated heterocycles. The maximum Gasteiger partial charge on any atom is 0.319 e. The number of anilines is 1. The highest BCUT2D eigenvalue weighted by molar-refractivity contribution is 9.10. The summed E-state index contributed by atoms with van der Waals surface area (Å²) in [5.74, 6) is 1.59. The predicted molar refractivity (Wildman–Crippen MR) is 96.1 cm³/mol. The van der Waals surface area contributed by atoms with Crippen molar-refractivity contribution in [1.82, 2.24) is 5.32 Å². The Morgan fingerprint density at radius 3 is 2.42 bits per heavy atom. The minimum Gasteiger partial charge on any atom is -0.493 e. The lowest BCUT2D eigenvalue weighted by Crippen LogP contribution is -2.28. The zero-order chi connectivity index (χ0) is 17.5. The van der Waals surface area contributed by atoms with Gasteiger partial charge in [-0.25, -0.2) is 4.79 Å². The number of urea groups is 1. The normalized spacial score (nSPS) is 10.0. The second-order valence-electron chi connectivity index (χ2n) is 4.81. The Labute approximate surface area is 149 Å². The number of amides is 2. The van der Waals surface area contributed by atoms with Gasteiger partial charge in [0.15, 0.2) is 11.5 Å². The Morgan fingerprint density at radius 1 is 1.04 bits per heavy atom. The Hall–Kier alpha value is -2.41. The van der Waals surface area contributed by atoms with Gasteiger partial charge in [-0.1, -0.05) is 22.0 Å². The first-order valence-electron chi connectivity index (χ1n) is 7.17. The number of rotatable bonds is 6. The monoisotopic (exact) mass is 394 g/mol. The Balaban J connectivity index is 2.07. The van der Waals surface area contributed by atoms with Crippen LogP contribution in [0.25, 0.3) is 0 Å². The van der Waals surface area contributed by atoms with Crippen molar-refractivity contribution in [3.63, 3.8) is 0 Å². The molecular weight excluding hydrogens is 376 g/mol. The van der Waals surface area contributed by atoms with Crippen LogP contribution in [0.5, 0.6) is 17.2 Å². The molecule has 0 saturated carbocycles. The van der Waals surface area contributed by atoms with Gasteiger partial charge >= 0.3 is 6.03 Å². The summed E-state index contributed by atoms with van der Waals surface area (Å²) in [4.78, 5) is 12.0. The number of hydrogen-bond acceptors (Lipinski definition) is 4. The van der Waals surface area contributed by atoms with Gasteiger partial charge in [-0.2, -0.15) is 0 Å². The third-order valence-electron chi connectivity index (χ3n) is 3.31. The van der Waals surface area contributed by atoms with Gasteiger partial charge in [0.25, 0.3) is 0 Å². The van der Waals surface area contributed by atoms with Crippen molar-refractivity contribution >= 4 is 27.6 Å². The van der Waals surface area contributed by atoms with Crippen LogP contribution >= 0.6 is 15.9 Å². The number of nitrogens with one attached hydrogen (secondary N) is 2. The van der Waals surface area contributed by atoms with E-state index in [1.807, 2.05) is 24.3 Å². The van der Waals surface area contributed by atoms with Crippen LogP contribution in [0.15, 0.2) is 40.9 Å². The van der Waals surface area contributed by atoms with Gasteiger partial charge in [0.1, 0.15) is 0 Å².